The number of nitrogens with zero attached hydrogens (tertiary/aromatic N) is 1. The topological polar surface area (TPSA) is 32.3 Å². The van der Waals surface area contributed by atoms with Gasteiger partial charge in [0.15, 0.2) is 0 Å². The second-order valence-electron chi connectivity index (χ2n) is 9.78. The Morgan fingerprint density at radius 1 is 0.818 bits per heavy atom. The van der Waals surface area contributed by atoms with Gasteiger partial charge in [0, 0.05) is 17.3 Å². The smallest absolute Gasteiger partial charge is 0.255 e. The number of nitrogens with one attached hydrogen (secondary N) is 1. The number of aryl methyl sites for hydroxylation is 1. The zero-order chi connectivity index (χ0) is 22.6. The van der Waals surface area contributed by atoms with Gasteiger partial charge in [-0.25, -0.2) is 0 Å². The summed E-state index contributed by atoms with van der Waals surface area (Å²) < 4.78 is 0. The SMILES string of the molecule is Cc1cc(C(=O)Nc2ccccc2)ccc1C1CCC(N2CCC(c3ccccc3)CC2)C1. The lowest BCUT2D eigenvalue weighted by atomic mass is 9.88. The normalized spacial score (nSPS) is 21.7. The first-order valence-corrected chi connectivity index (χ1v) is 12.4. The van der Waals surface area contributed by atoms with E-state index in [1.54, 1.807) is 0 Å². The first-order chi connectivity index (χ1) is 16.2. The Morgan fingerprint density at radius 2 is 1.52 bits per heavy atom. The van der Waals surface area contributed by atoms with Gasteiger partial charge in [-0.05, 0) is 105 Å². The number of para-hydroxylation sites is 1. The number of carbonyl (C=O) groups excluding carboxylic acids is 1. The predicted molar refractivity (Wildman–Crippen MR) is 136 cm³/mol. The van der Waals surface area contributed by atoms with Gasteiger partial charge in [-0.2, -0.15) is 0 Å². The van der Waals surface area contributed by atoms with E-state index in [9.17, 15) is 4.79 Å². The van der Waals surface area contributed by atoms with Crippen LogP contribution in [0.3, 0.4) is 0 Å². The zero-order valence-corrected chi connectivity index (χ0v) is 19.5. The van der Waals surface area contributed by atoms with Crippen LogP contribution in [0.5, 0.6) is 0 Å². The summed E-state index contributed by atoms with van der Waals surface area (Å²) in [4.78, 5) is 15.4. The van der Waals surface area contributed by atoms with Crippen LogP contribution in [0.25, 0.3) is 0 Å². The molecule has 0 aromatic heterocycles. The number of carbonyl (C=O) groups is 1. The maximum Gasteiger partial charge on any atom is 0.255 e. The summed E-state index contributed by atoms with van der Waals surface area (Å²) in [5, 5.41) is 2.99. The van der Waals surface area contributed by atoms with Crippen molar-refractivity contribution in [3.8, 4) is 0 Å². The Balaban J connectivity index is 1.18. The molecule has 1 saturated heterocycles. The zero-order valence-electron chi connectivity index (χ0n) is 19.5. The quantitative estimate of drug-likeness (QED) is 0.477. The molecule has 2 aliphatic rings. The average molecular weight is 439 g/mol. The monoisotopic (exact) mass is 438 g/mol. The fraction of sp³-hybridized carbons (Fsp3) is 0.367. The second kappa shape index (κ2) is 9.93. The Labute approximate surface area is 197 Å². The lowest BCUT2D eigenvalue weighted by molar-refractivity contribution is 0.102. The van der Waals surface area contributed by atoms with Crippen LogP contribution in [-0.4, -0.2) is 29.9 Å². The van der Waals surface area contributed by atoms with Crippen LogP contribution >= 0.6 is 0 Å². The van der Waals surface area contributed by atoms with Crippen LogP contribution in [0.15, 0.2) is 78.9 Å². The summed E-state index contributed by atoms with van der Waals surface area (Å²) in [6, 6.07) is 27.6. The molecule has 1 aliphatic heterocycles. The van der Waals surface area contributed by atoms with E-state index < -0.39 is 0 Å². The highest BCUT2D eigenvalue weighted by Crippen LogP contribution is 2.40. The van der Waals surface area contributed by atoms with Gasteiger partial charge in [0.1, 0.15) is 0 Å². The standard InChI is InChI=1S/C30H34N2O/c1-22-20-26(30(33)31-27-10-6-3-7-11-27)13-15-29(22)25-12-14-28(21-25)32-18-16-24(17-19-32)23-8-4-2-5-9-23/h2-11,13,15,20,24-25,28H,12,14,16-19,21H2,1H3,(H,31,33). The predicted octanol–water partition coefficient (Wildman–Crippen LogP) is 6.76. The second-order valence-corrected chi connectivity index (χ2v) is 9.78. The molecule has 3 aromatic carbocycles. The van der Waals surface area contributed by atoms with Crippen LogP contribution in [-0.2, 0) is 0 Å². The molecule has 0 radical (unpaired) electrons. The third kappa shape index (κ3) is 5.04. The largest absolute Gasteiger partial charge is 0.322 e. The van der Waals surface area contributed by atoms with Gasteiger partial charge in [0.2, 0.25) is 0 Å². The number of likely N-dealkylation sites (tertiary alicyclic amines) is 1. The Kier molecular flexibility index (Phi) is 6.59. The molecular weight excluding hydrogens is 404 g/mol. The van der Waals surface area contributed by atoms with E-state index in [0.29, 0.717) is 12.0 Å². The van der Waals surface area contributed by atoms with Crippen LogP contribution in [0, 0.1) is 6.92 Å². The molecule has 0 spiro atoms. The summed E-state index contributed by atoms with van der Waals surface area (Å²) in [5.74, 6) is 1.28. The molecule has 2 unspecified atom stereocenters. The molecule has 3 heteroatoms. The summed E-state index contributed by atoms with van der Waals surface area (Å²) in [6.07, 6.45) is 6.33. The minimum absolute atomic E-state index is 0.0403. The molecular formula is C30H34N2O. The lowest BCUT2D eigenvalue weighted by Gasteiger charge is -2.36. The maximum atomic E-state index is 12.7. The minimum atomic E-state index is -0.0403. The van der Waals surface area contributed by atoms with E-state index in [2.05, 4.69) is 59.6 Å². The number of rotatable bonds is 5. The molecule has 0 bridgehead atoms. The van der Waals surface area contributed by atoms with Gasteiger partial charge in [-0.1, -0.05) is 54.6 Å². The maximum absolute atomic E-state index is 12.7. The molecule has 2 atom stereocenters. The molecule has 2 fully saturated rings. The van der Waals surface area contributed by atoms with Crippen LogP contribution < -0.4 is 5.32 Å². The molecule has 1 N–H and O–H groups in total. The third-order valence-corrected chi connectivity index (χ3v) is 7.73. The van der Waals surface area contributed by atoms with Crippen molar-refractivity contribution in [3.05, 3.63) is 101 Å². The summed E-state index contributed by atoms with van der Waals surface area (Å²) in [7, 11) is 0. The van der Waals surface area contributed by atoms with E-state index >= 15 is 0 Å². The molecule has 1 aliphatic carbocycles. The first kappa shape index (κ1) is 21.9. The summed E-state index contributed by atoms with van der Waals surface area (Å²) in [6.45, 7) is 4.59. The molecule has 170 valence electrons. The molecule has 3 nitrogen and oxygen atoms in total. The number of hydrogen-bond donors (Lipinski definition) is 1. The molecule has 33 heavy (non-hydrogen) atoms. The van der Waals surface area contributed by atoms with Crippen molar-refractivity contribution < 1.29 is 4.79 Å². The molecule has 3 aromatic rings. The Bertz CT molecular complexity index is 1070. The van der Waals surface area contributed by atoms with Crippen molar-refractivity contribution in [1.82, 2.24) is 4.90 Å². The molecule has 1 amide bonds. The van der Waals surface area contributed by atoms with Gasteiger partial charge in [0.05, 0.1) is 0 Å². The van der Waals surface area contributed by atoms with Crippen molar-refractivity contribution in [1.29, 1.82) is 0 Å². The van der Waals surface area contributed by atoms with E-state index in [4.69, 9.17) is 0 Å². The molecule has 5 rings (SSSR count). The first-order valence-electron chi connectivity index (χ1n) is 12.4. The molecule has 1 heterocycles. The van der Waals surface area contributed by atoms with Gasteiger partial charge in [-0.15, -0.1) is 0 Å². The van der Waals surface area contributed by atoms with E-state index in [-0.39, 0.29) is 5.91 Å². The van der Waals surface area contributed by atoms with Gasteiger partial charge >= 0.3 is 0 Å². The van der Waals surface area contributed by atoms with E-state index in [1.165, 1.54) is 61.9 Å². The fourth-order valence-corrected chi connectivity index (χ4v) is 5.89. The highest BCUT2D eigenvalue weighted by atomic mass is 16.1. The van der Waals surface area contributed by atoms with Gasteiger partial charge in [-0.3, -0.25) is 4.79 Å². The van der Waals surface area contributed by atoms with Gasteiger partial charge in [0.25, 0.3) is 5.91 Å². The lowest BCUT2D eigenvalue weighted by Crippen LogP contribution is -2.39. The van der Waals surface area contributed by atoms with Crippen molar-refractivity contribution in [2.24, 2.45) is 0 Å². The van der Waals surface area contributed by atoms with Crippen LogP contribution in [0.4, 0.5) is 5.69 Å². The van der Waals surface area contributed by atoms with Crippen LogP contribution in [0.1, 0.15) is 71.0 Å². The van der Waals surface area contributed by atoms with Crippen LogP contribution in [0.2, 0.25) is 0 Å². The van der Waals surface area contributed by atoms with E-state index in [1.807, 2.05) is 36.4 Å². The third-order valence-electron chi connectivity index (χ3n) is 7.73. The Hall–Kier alpha value is -2.91. The minimum Gasteiger partial charge on any atom is -0.322 e. The molecule has 1 saturated carbocycles. The number of piperidine rings is 1. The average Bonchev–Trinajstić information content (AvgIpc) is 3.35. The fourth-order valence-electron chi connectivity index (χ4n) is 5.89. The Morgan fingerprint density at radius 3 is 2.21 bits per heavy atom. The van der Waals surface area contributed by atoms with E-state index in [0.717, 1.165) is 17.2 Å². The number of anilines is 1. The van der Waals surface area contributed by atoms with Crippen molar-refractivity contribution >= 4 is 11.6 Å². The van der Waals surface area contributed by atoms with Crippen molar-refractivity contribution in [2.75, 3.05) is 18.4 Å². The number of amides is 1. The number of hydrogen-bond acceptors (Lipinski definition) is 2. The highest BCUT2D eigenvalue weighted by Gasteiger charge is 2.33. The number of benzene rings is 3. The highest BCUT2D eigenvalue weighted by molar-refractivity contribution is 6.04. The summed E-state index contributed by atoms with van der Waals surface area (Å²) >= 11 is 0. The van der Waals surface area contributed by atoms with Crippen molar-refractivity contribution in [2.45, 2.75) is 56.9 Å². The summed E-state index contributed by atoms with van der Waals surface area (Å²) in [5.41, 5.74) is 5.74. The van der Waals surface area contributed by atoms with Gasteiger partial charge < -0.3 is 10.2 Å². The van der Waals surface area contributed by atoms with Crippen molar-refractivity contribution in [3.63, 3.8) is 0 Å².